The molecular formula is C27H48O3. The van der Waals surface area contributed by atoms with Gasteiger partial charge in [0.25, 0.3) is 0 Å². The summed E-state index contributed by atoms with van der Waals surface area (Å²) >= 11 is 0. The van der Waals surface area contributed by atoms with Crippen LogP contribution in [0.1, 0.15) is 110 Å². The zero-order valence-electron chi connectivity index (χ0n) is 19.8. The molecule has 0 bridgehead atoms. The molecule has 5 atom stereocenters. The first-order valence-electron chi connectivity index (χ1n) is 13.0. The second-order valence-electron chi connectivity index (χ2n) is 9.35. The van der Waals surface area contributed by atoms with Crippen LogP contribution in [-0.2, 0) is 9.47 Å². The quantitative estimate of drug-likeness (QED) is 0.222. The summed E-state index contributed by atoms with van der Waals surface area (Å²) in [5.74, 6) is 0.554. The Morgan fingerprint density at radius 1 is 0.900 bits per heavy atom. The molecule has 0 radical (unpaired) electrons. The number of rotatable bonds is 15. The standard InChI is InChI=1S/C27H48O3/c1-3-5-7-9-10-11-13-15-19-24-23(18-14-12-8-6-4-2)25(28)22-26(24)30-27-20-16-17-21-29-27/h12,14-15,19,23-28H,3-11,13,16-18,20-22H2,1-2H3/b14-12-,19-15+/t23-,24-,25+,26-,27?/m1/s1. The summed E-state index contributed by atoms with van der Waals surface area (Å²) in [5.41, 5.74) is 0. The molecule has 1 aliphatic heterocycles. The van der Waals surface area contributed by atoms with Crippen LogP contribution >= 0.6 is 0 Å². The van der Waals surface area contributed by atoms with Crippen molar-refractivity contribution in [3.8, 4) is 0 Å². The van der Waals surface area contributed by atoms with Crippen molar-refractivity contribution in [3.05, 3.63) is 24.3 Å². The predicted molar refractivity (Wildman–Crippen MR) is 126 cm³/mol. The Bertz CT molecular complexity index is 467. The van der Waals surface area contributed by atoms with Gasteiger partial charge in [0.05, 0.1) is 12.2 Å². The molecule has 0 aromatic rings. The van der Waals surface area contributed by atoms with Gasteiger partial charge in [0, 0.05) is 18.9 Å². The number of aliphatic hydroxyl groups excluding tert-OH is 1. The molecule has 3 heteroatoms. The summed E-state index contributed by atoms with van der Waals surface area (Å²) in [6.07, 6.45) is 26.8. The zero-order valence-corrected chi connectivity index (χ0v) is 19.8. The lowest BCUT2D eigenvalue weighted by molar-refractivity contribution is -0.193. The van der Waals surface area contributed by atoms with Crippen LogP contribution in [0, 0.1) is 11.8 Å². The molecule has 0 spiro atoms. The van der Waals surface area contributed by atoms with E-state index in [2.05, 4.69) is 38.2 Å². The lowest BCUT2D eigenvalue weighted by Crippen LogP contribution is -2.30. The van der Waals surface area contributed by atoms with Gasteiger partial charge in [-0.15, -0.1) is 0 Å². The first-order chi connectivity index (χ1) is 14.8. The number of unbranched alkanes of at least 4 members (excludes halogenated alkanes) is 8. The SMILES string of the molecule is CCCC/C=C\C[C@@H]1[C@@H](/C=C/CCCCCCCC)[C@H](OC2CCCCO2)C[C@@H]1O. The summed E-state index contributed by atoms with van der Waals surface area (Å²) in [4.78, 5) is 0. The highest BCUT2D eigenvalue weighted by molar-refractivity contribution is 5.05. The monoisotopic (exact) mass is 420 g/mol. The van der Waals surface area contributed by atoms with Gasteiger partial charge in [-0.3, -0.25) is 0 Å². The Balaban J connectivity index is 1.87. The molecule has 1 saturated carbocycles. The fourth-order valence-corrected chi connectivity index (χ4v) is 4.83. The Morgan fingerprint density at radius 3 is 2.43 bits per heavy atom. The number of hydrogen-bond acceptors (Lipinski definition) is 3. The van der Waals surface area contributed by atoms with E-state index in [1.807, 2.05) is 0 Å². The van der Waals surface area contributed by atoms with Crippen molar-refractivity contribution >= 4 is 0 Å². The van der Waals surface area contributed by atoms with E-state index in [0.29, 0.717) is 5.92 Å². The van der Waals surface area contributed by atoms with Crippen LogP contribution in [0.5, 0.6) is 0 Å². The molecule has 1 aliphatic carbocycles. The minimum absolute atomic E-state index is 0.0794. The number of aliphatic hydroxyl groups is 1. The van der Waals surface area contributed by atoms with Gasteiger partial charge >= 0.3 is 0 Å². The maximum Gasteiger partial charge on any atom is 0.157 e. The third-order valence-electron chi connectivity index (χ3n) is 6.74. The van der Waals surface area contributed by atoms with E-state index < -0.39 is 0 Å². The summed E-state index contributed by atoms with van der Waals surface area (Å²) in [7, 11) is 0. The molecule has 2 fully saturated rings. The molecule has 0 aromatic heterocycles. The maximum absolute atomic E-state index is 10.8. The molecule has 174 valence electrons. The van der Waals surface area contributed by atoms with Crippen LogP contribution in [0.25, 0.3) is 0 Å². The molecule has 0 amide bonds. The Morgan fingerprint density at radius 2 is 1.67 bits per heavy atom. The van der Waals surface area contributed by atoms with Crippen molar-refractivity contribution in [3.63, 3.8) is 0 Å². The lowest BCUT2D eigenvalue weighted by Gasteiger charge is -2.29. The van der Waals surface area contributed by atoms with E-state index in [4.69, 9.17) is 9.47 Å². The second kappa shape index (κ2) is 16.1. The second-order valence-corrected chi connectivity index (χ2v) is 9.35. The summed E-state index contributed by atoms with van der Waals surface area (Å²) in [5, 5.41) is 10.8. The van der Waals surface area contributed by atoms with Crippen LogP contribution in [0.2, 0.25) is 0 Å². The average Bonchev–Trinajstić information content (AvgIpc) is 3.04. The predicted octanol–water partition coefficient (Wildman–Crippen LogP) is 7.34. The van der Waals surface area contributed by atoms with Crippen molar-refractivity contribution < 1.29 is 14.6 Å². The minimum atomic E-state index is -0.280. The van der Waals surface area contributed by atoms with Crippen LogP contribution in [0.3, 0.4) is 0 Å². The summed E-state index contributed by atoms with van der Waals surface area (Å²) in [6.45, 7) is 5.31. The first kappa shape index (κ1) is 25.6. The van der Waals surface area contributed by atoms with E-state index in [1.165, 1.54) is 57.8 Å². The molecule has 2 rings (SSSR count). The van der Waals surface area contributed by atoms with E-state index in [0.717, 1.165) is 45.1 Å². The third-order valence-corrected chi connectivity index (χ3v) is 6.74. The van der Waals surface area contributed by atoms with Gasteiger partial charge in [0.15, 0.2) is 6.29 Å². The van der Waals surface area contributed by atoms with Crippen molar-refractivity contribution in [2.24, 2.45) is 11.8 Å². The number of ether oxygens (including phenoxy) is 2. The normalized spacial score (nSPS) is 30.0. The van der Waals surface area contributed by atoms with E-state index in [9.17, 15) is 5.11 Å². The van der Waals surface area contributed by atoms with Gasteiger partial charge in [-0.05, 0) is 50.9 Å². The maximum atomic E-state index is 10.8. The highest BCUT2D eigenvalue weighted by atomic mass is 16.7. The molecule has 1 N–H and O–H groups in total. The minimum Gasteiger partial charge on any atom is -0.393 e. The Labute approximate surface area is 186 Å². The van der Waals surface area contributed by atoms with Crippen LogP contribution < -0.4 is 0 Å². The highest BCUT2D eigenvalue weighted by Crippen LogP contribution is 2.39. The number of allylic oxidation sites excluding steroid dienone is 3. The third kappa shape index (κ3) is 9.66. The topological polar surface area (TPSA) is 38.7 Å². The zero-order chi connectivity index (χ0) is 21.4. The summed E-state index contributed by atoms with van der Waals surface area (Å²) < 4.78 is 12.2. The van der Waals surface area contributed by atoms with Gasteiger partial charge in [0.1, 0.15) is 0 Å². The molecular weight excluding hydrogens is 372 g/mol. The van der Waals surface area contributed by atoms with Gasteiger partial charge in [-0.2, -0.15) is 0 Å². The molecule has 2 aliphatic rings. The first-order valence-corrected chi connectivity index (χ1v) is 13.0. The summed E-state index contributed by atoms with van der Waals surface area (Å²) in [6, 6.07) is 0. The average molecular weight is 421 g/mol. The van der Waals surface area contributed by atoms with Crippen LogP contribution in [0.4, 0.5) is 0 Å². The van der Waals surface area contributed by atoms with Crippen molar-refractivity contribution in [1.82, 2.24) is 0 Å². The van der Waals surface area contributed by atoms with E-state index >= 15 is 0 Å². The van der Waals surface area contributed by atoms with E-state index in [1.54, 1.807) is 0 Å². The Kier molecular flexibility index (Phi) is 13.7. The smallest absolute Gasteiger partial charge is 0.157 e. The van der Waals surface area contributed by atoms with Crippen molar-refractivity contribution in [1.29, 1.82) is 0 Å². The molecule has 0 aromatic carbocycles. The fraction of sp³-hybridized carbons (Fsp3) is 0.852. The molecule has 1 unspecified atom stereocenters. The van der Waals surface area contributed by atoms with Crippen molar-refractivity contribution in [2.75, 3.05) is 6.61 Å². The van der Waals surface area contributed by atoms with Gasteiger partial charge in [0.2, 0.25) is 0 Å². The largest absolute Gasteiger partial charge is 0.393 e. The Hall–Kier alpha value is -0.640. The van der Waals surface area contributed by atoms with E-state index in [-0.39, 0.29) is 24.4 Å². The van der Waals surface area contributed by atoms with Gasteiger partial charge in [-0.25, -0.2) is 0 Å². The van der Waals surface area contributed by atoms with Crippen LogP contribution in [0.15, 0.2) is 24.3 Å². The highest BCUT2D eigenvalue weighted by Gasteiger charge is 2.42. The molecule has 1 saturated heterocycles. The molecule has 3 nitrogen and oxygen atoms in total. The van der Waals surface area contributed by atoms with Crippen molar-refractivity contribution in [2.45, 2.75) is 129 Å². The van der Waals surface area contributed by atoms with Crippen LogP contribution in [-0.4, -0.2) is 30.2 Å². The number of hydrogen-bond donors (Lipinski definition) is 1. The fourth-order valence-electron chi connectivity index (χ4n) is 4.83. The van der Waals surface area contributed by atoms with Gasteiger partial charge in [-0.1, -0.05) is 83.1 Å². The molecule has 1 heterocycles. The van der Waals surface area contributed by atoms with Gasteiger partial charge < -0.3 is 14.6 Å². The lowest BCUT2D eigenvalue weighted by atomic mass is 9.89. The molecule has 30 heavy (non-hydrogen) atoms.